The molecule has 4 nitrogen and oxygen atoms in total. The highest BCUT2D eigenvalue weighted by Crippen LogP contribution is 2.70. The Bertz CT molecular complexity index is 2260. The minimum absolute atomic E-state index is 0.0674. The Hall–Kier alpha value is -4.62. The van der Waals surface area contributed by atoms with Crippen molar-refractivity contribution in [3.8, 4) is 11.8 Å². The molecule has 9 aliphatic rings. The van der Waals surface area contributed by atoms with Gasteiger partial charge in [-0.05, 0) is 155 Å². The van der Waals surface area contributed by atoms with Crippen molar-refractivity contribution in [2.45, 2.75) is 114 Å². The van der Waals surface area contributed by atoms with Crippen molar-refractivity contribution < 1.29 is 4.74 Å². The van der Waals surface area contributed by atoms with Gasteiger partial charge in [0.1, 0.15) is 18.0 Å². The Morgan fingerprint density at radius 2 is 1.66 bits per heavy atom. The molecule has 59 heavy (non-hydrogen) atoms. The first-order chi connectivity index (χ1) is 29.1. The highest BCUT2D eigenvalue weighted by Gasteiger charge is 2.66. The van der Waals surface area contributed by atoms with E-state index in [9.17, 15) is 5.26 Å². The topological polar surface area (TPSA) is 57.4 Å². The van der Waals surface area contributed by atoms with Crippen molar-refractivity contribution in [1.29, 1.82) is 5.26 Å². The highest BCUT2D eigenvalue weighted by atomic mass is 16.5. The maximum absolute atomic E-state index is 9.66. The lowest BCUT2D eigenvalue weighted by Crippen LogP contribution is -2.54. The number of nitrogens with one attached hydrogen (secondary N) is 1. The first-order valence-corrected chi connectivity index (χ1v) is 23.5. The number of nitrogens with zero attached hydrogens (tertiary/aromatic N) is 2. The van der Waals surface area contributed by atoms with Gasteiger partial charge >= 0.3 is 0 Å². The summed E-state index contributed by atoms with van der Waals surface area (Å²) in [7, 11) is 0. The molecular weight excluding hydrogens is 719 g/mol. The highest BCUT2D eigenvalue weighted by molar-refractivity contribution is 6.13. The quantitative estimate of drug-likeness (QED) is 0.308. The molecule has 2 aliphatic heterocycles. The van der Waals surface area contributed by atoms with E-state index in [1.807, 2.05) is 5.57 Å². The zero-order valence-electron chi connectivity index (χ0n) is 34.9. The molecule has 1 spiro atoms. The summed E-state index contributed by atoms with van der Waals surface area (Å²) in [6.45, 7) is 2.25. The number of hydrogen-bond donors (Lipinski definition) is 1. The molecule has 12 atom stereocenters. The molecule has 12 unspecified atom stereocenters. The van der Waals surface area contributed by atoms with Crippen LogP contribution in [0.15, 0.2) is 142 Å². The monoisotopic (exact) mass is 779 g/mol. The lowest BCUT2D eigenvalue weighted by molar-refractivity contribution is -0.00995. The molecule has 3 saturated carbocycles. The molecule has 3 fully saturated rings. The second-order valence-corrected chi connectivity index (χ2v) is 19.6. The van der Waals surface area contributed by atoms with Gasteiger partial charge in [0, 0.05) is 28.2 Å². The van der Waals surface area contributed by atoms with Crippen LogP contribution in [0, 0.1) is 64.6 Å². The second kappa shape index (κ2) is 15.4. The number of hydrogen-bond acceptors (Lipinski definition) is 4. The van der Waals surface area contributed by atoms with E-state index in [2.05, 4.69) is 128 Å². The molecule has 1 N–H and O–H groups in total. The summed E-state index contributed by atoms with van der Waals surface area (Å²) in [6.07, 6.45) is 39.5. The molecule has 7 aliphatic carbocycles. The predicted molar refractivity (Wildman–Crippen MR) is 238 cm³/mol. The molecule has 2 aromatic rings. The first-order valence-electron chi connectivity index (χ1n) is 23.5. The molecule has 2 aromatic carbocycles. The number of para-hydroxylation sites is 1. The van der Waals surface area contributed by atoms with Gasteiger partial charge in [-0.3, -0.25) is 4.99 Å². The normalized spacial score (nSPS) is 38.3. The molecule has 0 bridgehead atoms. The van der Waals surface area contributed by atoms with Crippen molar-refractivity contribution in [3.63, 3.8) is 0 Å². The van der Waals surface area contributed by atoms with E-state index in [0.29, 0.717) is 47.5 Å². The fourth-order valence-corrected chi connectivity index (χ4v) is 14.2. The molecular formula is C55H61N3O. The Morgan fingerprint density at radius 1 is 0.797 bits per heavy atom. The third-order valence-electron chi connectivity index (χ3n) is 16.8. The van der Waals surface area contributed by atoms with Gasteiger partial charge in [0.2, 0.25) is 0 Å². The molecule has 0 aromatic heterocycles. The Morgan fingerprint density at radius 3 is 2.47 bits per heavy atom. The number of ether oxygens (including phenoxy) is 1. The second-order valence-electron chi connectivity index (χ2n) is 19.6. The van der Waals surface area contributed by atoms with Crippen molar-refractivity contribution in [2.75, 3.05) is 0 Å². The summed E-state index contributed by atoms with van der Waals surface area (Å²) in [4.78, 5) is 5.32. The van der Waals surface area contributed by atoms with Crippen molar-refractivity contribution in [1.82, 2.24) is 5.32 Å². The first kappa shape index (κ1) is 37.4. The summed E-state index contributed by atoms with van der Waals surface area (Å²) in [5.41, 5.74) is 10.7. The van der Waals surface area contributed by atoms with E-state index in [1.54, 1.807) is 0 Å². The smallest absolute Gasteiger partial charge is 0.145 e. The van der Waals surface area contributed by atoms with Gasteiger partial charge in [-0.15, -0.1) is 0 Å². The molecule has 0 radical (unpaired) electrons. The average Bonchev–Trinajstić information content (AvgIpc) is 3.59. The van der Waals surface area contributed by atoms with Gasteiger partial charge in [0.25, 0.3) is 0 Å². The third-order valence-corrected chi connectivity index (χ3v) is 16.8. The van der Waals surface area contributed by atoms with Gasteiger partial charge in [-0.25, -0.2) is 0 Å². The van der Waals surface area contributed by atoms with Crippen molar-refractivity contribution in [2.24, 2.45) is 58.3 Å². The van der Waals surface area contributed by atoms with Gasteiger partial charge in [0.05, 0.1) is 17.7 Å². The standard InChI is InChI=1S/C55H61N3O/c1-35-52(39-12-4-2-5-13-39)57-54(41-14-6-3-7-15-41)58-53(35)40-26-24-38(25-27-40)43-29-31-45-44-30-28-42(37-22-20-36(34-56)21-23-37)32-48(44)55(49(45)33-43)46-16-8-10-18-50(46)59-51-19-11-9-17-47(51)55/h2,4-6,8,10,12-16,18,20,22,24,26-27,33,36-38,42-45,47-48,51,54,58H,3,7,9,11,17,19,21,23,25,28-32H2,1H3. The minimum Gasteiger partial charge on any atom is -0.490 e. The number of benzene rings is 2. The third kappa shape index (κ3) is 6.32. The predicted octanol–water partition coefficient (Wildman–Crippen LogP) is 12.5. The zero-order chi connectivity index (χ0) is 39.5. The molecule has 4 heteroatoms. The molecule has 0 amide bonds. The number of aliphatic imine (C=N–C) groups is 1. The molecule has 2 heterocycles. The number of fused-ring (bicyclic) bond motifs is 9. The Labute approximate surface area is 352 Å². The summed E-state index contributed by atoms with van der Waals surface area (Å²) in [6, 6.07) is 22.6. The molecule has 0 saturated heterocycles. The maximum atomic E-state index is 9.66. The molecule has 302 valence electrons. The van der Waals surface area contributed by atoms with Crippen LogP contribution in [0.1, 0.15) is 108 Å². The summed E-state index contributed by atoms with van der Waals surface area (Å²) in [5.74, 6) is 6.33. The van der Waals surface area contributed by atoms with E-state index in [-0.39, 0.29) is 17.5 Å². The summed E-state index contributed by atoms with van der Waals surface area (Å²) >= 11 is 0. The van der Waals surface area contributed by atoms with Crippen LogP contribution in [0.2, 0.25) is 0 Å². The number of rotatable bonds is 5. The van der Waals surface area contributed by atoms with Gasteiger partial charge < -0.3 is 10.1 Å². The van der Waals surface area contributed by atoms with E-state index in [0.717, 1.165) is 37.3 Å². The van der Waals surface area contributed by atoms with E-state index >= 15 is 0 Å². The SMILES string of the molecule is CC1=C(C2=CCC(C3C=C4C(CC3)C3CCC(C5C=CC(C#N)CC5)CC3C43c4ccccc4OC4CCCCC43)C=C2)NC(C2=CCCC=C2)N=C1c1ccccc1. The summed E-state index contributed by atoms with van der Waals surface area (Å²) < 4.78 is 7.04. The number of nitriles is 1. The van der Waals surface area contributed by atoms with Crippen LogP contribution in [0.4, 0.5) is 0 Å². The van der Waals surface area contributed by atoms with Crippen LogP contribution in [0.3, 0.4) is 0 Å². The van der Waals surface area contributed by atoms with Crippen molar-refractivity contribution in [3.05, 3.63) is 148 Å². The van der Waals surface area contributed by atoms with Gasteiger partial charge in [0.15, 0.2) is 0 Å². The Balaban J connectivity index is 0.935. The maximum Gasteiger partial charge on any atom is 0.145 e. The van der Waals surface area contributed by atoms with Crippen LogP contribution in [-0.2, 0) is 5.41 Å². The average molecular weight is 780 g/mol. The fourth-order valence-electron chi connectivity index (χ4n) is 14.2. The number of allylic oxidation sites excluding steroid dienone is 10. The lowest BCUT2D eigenvalue weighted by Gasteiger charge is -2.55. The fraction of sp³-hybridized carbons (Fsp3) is 0.491. The van der Waals surface area contributed by atoms with Gasteiger partial charge in [-0.1, -0.05) is 115 Å². The van der Waals surface area contributed by atoms with Crippen molar-refractivity contribution >= 4 is 5.71 Å². The van der Waals surface area contributed by atoms with Crippen LogP contribution in [0.5, 0.6) is 5.75 Å². The largest absolute Gasteiger partial charge is 0.490 e. The van der Waals surface area contributed by atoms with Crippen LogP contribution in [0.25, 0.3) is 0 Å². The summed E-state index contributed by atoms with van der Waals surface area (Å²) in [5, 5.41) is 13.6. The molecule has 11 rings (SSSR count). The van der Waals surface area contributed by atoms with E-state index in [1.165, 1.54) is 104 Å². The Kier molecular flexibility index (Phi) is 9.79. The lowest BCUT2D eigenvalue weighted by atomic mass is 9.52. The van der Waals surface area contributed by atoms with Crippen LogP contribution in [-0.4, -0.2) is 18.0 Å². The zero-order valence-corrected chi connectivity index (χ0v) is 34.9. The van der Waals surface area contributed by atoms with Crippen LogP contribution < -0.4 is 10.1 Å². The minimum atomic E-state index is -0.0799. The van der Waals surface area contributed by atoms with E-state index in [4.69, 9.17) is 9.73 Å². The van der Waals surface area contributed by atoms with Crippen LogP contribution >= 0.6 is 0 Å². The van der Waals surface area contributed by atoms with E-state index < -0.39 is 0 Å². The van der Waals surface area contributed by atoms with Gasteiger partial charge in [-0.2, -0.15) is 5.26 Å².